The Bertz CT molecular complexity index is 1340. The molecule has 210 valence electrons. The summed E-state index contributed by atoms with van der Waals surface area (Å²) < 4.78 is 1.80. The van der Waals surface area contributed by atoms with Crippen LogP contribution in [-0.4, -0.2) is 33.2 Å². The number of rotatable bonds is 7. The van der Waals surface area contributed by atoms with E-state index in [4.69, 9.17) is 9.98 Å². The van der Waals surface area contributed by atoms with Crippen LogP contribution in [0.15, 0.2) is 90.1 Å². The van der Waals surface area contributed by atoms with E-state index < -0.39 is 0 Å². The lowest BCUT2D eigenvalue weighted by molar-refractivity contribution is -0.118. The van der Waals surface area contributed by atoms with Gasteiger partial charge < -0.3 is 10.2 Å². The van der Waals surface area contributed by atoms with Gasteiger partial charge in [-0.2, -0.15) is 0 Å². The van der Waals surface area contributed by atoms with E-state index in [9.17, 15) is 19.8 Å². The number of Topliss-reactive ketones (excluding diaryl/α,β-unsaturated/α-hetero) is 2. The van der Waals surface area contributed by atoms with Crippen molar-refractivity contribution < 1.29 is 19.8 Å². The molecule has 0 aliphatic heterocycles. The Morgan fingerprint density at radius 1 is 0.650 bits per heavy atom. The van der Waals surface area contributed by atoms with E-state index in [1.165, 1.54) is 0 Å². The maximum Gasteiger partial charge on any atom is 0.168 e. The number of hydrogen-bond acceptors (Lipinski definition) is 6. The van der Waals surface area contributed by atoms with E-state index in [-0.39, 0.29) is 57.9 Å². The zero-order valence-corrected chi connectivity index (χ0v) is 26.4. The van der Waals surface area contributed by atoms with E-state index in [0.29, 0.717) is 48.5 Å². The highest BCUT2D eigenvalue weighted by Crippen LogP contribution is 2.39. The molecule has 0 spiro atoms. The van der Waals surface area contributed by atoms with Crippen molar-refractivity contribution in [3.8, 4) is 0 Å². The van der Waals surface area contributed by atoms with Crippen molar-refractivity contribution in [3.05, 3.63) is 80.1 Å². The van der Waals surface area contributed by atoms with Crippen LogP contribution in [0.1, 0.15) is 66.2 Å². The molecule has 2 aromatic carbocycles. The standard InChI is InChI=1S/C32H34Br2N2O4/c1-31(2)15-25(37)29(26(38)16-31)23(35-21-9-5-19(33)6-10-21)13-14-24(36-22-11-7-20(34)8-12-22)30-27(39)17-32(3,4)18-28(30)40/h5-12,37,39H,13-18H2,1-4H3. The highest BCUT2D eigenvalue weighted by atomic mass is 79.9. The summed E-state index contributed by atoms with van der Waals surface area (Å²) in [6.45, 7) is 7.82. The van der Waals surface area contributed by atoms with Gasteiger partial charge in [0.2, 0.25) is 0 Å². The number of hydrogen-bond donors (Lipinski definition) is 2. The molecule has 0 fully saturated rings. The first-order chi connectivity index (χ1) is 18.7. The smallest absolute Gasteiger partial charge is 0.168 e. The SMILES string of the molecule is CC1(C)CC(=O)C(C(CCC(=Nc2ccc(Br)cc2)C2=C(O)CC(C)(C)CC2=O)=Nc2ccc(Br)cc2)=C(O)C1. The Labute approximate surface area is 252 Å². The fourth-order valence-electron chi connectivity index (χ4n) is 5.28. The third-order valence-corrected chi connectivity index (χ3v) is 8.12. The number of aliphatic hydroxyl groups is 2. The largest absolute Gasteiger partial charge is 0.511 e. The first kappa shape index (κ1) is 30.1. The number of aliphatic imine (C=N–C) groups is 2. The second-order valence-corrected chi connectivity index (χ2v) is 13.9. The summed E-state index contributed by atoms with van der Waals surface area (Å²) in [6, 6.07) is 14.8. The van der Waals surface area contributed by atoms with Crippen LogP contribution in [-0.2, 0) is 9.59 Å². The molecular weight excluding hydrogens is 636 g/mol. The Morgan fingerprint density at radius 3 is 1.27 bits per heavy atom. The highest BCUT2D eigenvalue weighted by Gasteiger charge is 2.37. The second-order valence-electron chi connectivity index (χ2n) is 12.1. The van der Waals surface area contributed by atoms with Crippen LogP contribution in [0.25, 0.3) is 0 Å². The molecule has 0 heterocycles. The molecule has 0 saturated carbocycles. The van der Waals surface area contributed by atoms with Crippen LogP contribution in [0.4, 0.5) is 11.4 Å². The summed E-state index contributed by atoms with van der Waals surface area (Å²) in [5.41, 5.74) is 1.93. The molecule has 40 heavy (non-hydrogen) atoms. The average molecular weight is 670 g/mol. The number of aliphatic hydroxyl groups excluding tert-OH is 2. The molecule has 8 heteroatoms. The summed E-state index contributed by atoms with van der Waals surface area (Å²) in [5.74, 6) is -0.260. The predicted octanol–water partition coefficient (Wildman–Crippen LogP) is 9.24. The molecule has 0 bridgehead atoms. The number of benzene rings is 2. The third kappa shape index (κ3) is 7.46. The fraction of sp³-hybridized carbons (Fsp3) is 0.375. The zero-order chi connectivity index (χ0) is 29.2. The molecule has 2 aromatic rings. The molecule has 6 nitrogen and oxygen atoms in total. The molecule has 0 unspecified atom stereocenters. The van der Waals surface area contributed by atoms with Crippen molar-refractivity contribution in [2.24, 2.45) is 20.8 Å². The summed E-state index contributed by atoms with van der Waals surface area (Å²) >= 11 is 6.88. The van der Waals surface area contributed by atoms with Gasteiger partial charge in [-0.1, -0.05) is 59.6 Å². The van der Waals surface area contributed by atoms with Crippen LogP contribution in [0.3, 0.4) is 0 Å². The van der Waals surface area contributed by atoms with Crippen LogP contribution in [0, 0.1) is 10.8 Å². The lowest BCUT2D eigenvalue weighted by atomic mass is 9.74. The van der Waals surface area contributed by atoms with Gasteiger partial charge in [-0.05, 0) is 72.2 Å². The second kappa shape index (κ2) is 12.0. The molecule has 0 atom stereocenters. The molecule has 2 N–H and O–H groups in total. The van der Waals surface area contributed by atoms with Gasteiger partial charge in [0.1, 0.15) is 11.5 Å². The number of halogens is 2. The summed E-state index contributed by atoms with van der Waals surface area (Å²) in [5, 5.41) is 22.0. The first-order valence-corrected chi connectivity index (χ1v) is 14.9. The first-order valence-electron chi connectivity index (χ1n) is 13.3. The van der Waals surface area contributed by atoms with Crippen molar-refractivity contribution in [2.75, 3.05) is 0 Å². The summed E-state index contributed by atoms with van der Waals surface area (Å²) in [7, 11) is 0. The van der Waals surface area contributed by atoms with Crippen LogP contribution >= 0.6 is 31.9 Å². The van der Waals surface area contributed by atoms with E-state index >= 15 is 0 Å². The van der Waals surface area contributed by atoms with Gasteiger partial charge in [0.25, 0.3) is 0 Å². The zero-order valence-electron chi connectivity index (χ0n) is 23.2. The van der Waals surface area contributed by atoms with Crippen LogP contribution in [0.5, 0.6) is 0 Å². The molecular formula is C32H34Br2N2O4. The minimum Gasteiger partial charge on any atom is -0.511 e. The summed E-state index contributed by atoms with van der Waals surface area (Å²) in [6.07, 6.45) is 1.81. The average Bonchev–Trinajstić information content (AvgIpc) is 2.82. The van der Waals surface area contributed by atoms with Gasteiger partial charge in [0.05, 0.1) is 33.9 Å². The molecule has 0 amide bonds. The minimum absolute atomic E-state index is 0.0288. The summed E-state index contributed by atoms with van der Waals surface area (Å²) in [4.78, 5) is 36.2. The number of carbonyl (C=O) groups is 2. The van der Waals surface area contributed by atoms with Gasteiger partial charge in [-0.3, -0.25) is 19.6 Å². The molecule has 2 aliphatic carbocycles. The maximum absolute atomic E-state index is 13.3. The van der Waals surface area contributed by atoms with Gasteiger partial charge in [-0.15, -0.1) is 0 Å². The van der Waals surface area contributed by atoms with E-state index in [2.05, 4.69) is 31.9 Å². The number of nitrogens with zero attached hydrogens (tertiary/aromatic N) is 2. The van der Waals surface area contributed by atoms with Crippen molar-refractivity contribution in [3.63, 3.8) is 0 Å². The van der Waals surface area contributed by atoms with Gasteiger partial charge in [-0.25, -0.2) is 0 Å². The van der Waals surface area contributed by atoms with Crippen molar-refractivity contribution in [2.45, 2.75) is 66.2 Å². The van der Waals surface area contributed by atoms with Crippen LogP contribution < -0.4 is 0 Å². The molecule has 0 radical (unpaired) electrons. The highest BCUT2D eigenvalue weighted by molar-refractivity contribution is 9.10. The molecule has 2 aliphatic rings. The fourth-order valence-corrected chi connectivity index (χ4v) is 5.81. The van der Waals surface area contributed by atoms with Gasteiger partial charge in [0, 0.05) is 34.6 Å². The van der Waals surface area contributed by atoms with Crippen molar-refractivity contribution in [1.29, 1.82) is 0 Å². The Balaban J connectivity index is 1.79. The molecule has 0 saturated heterocycles. The molecule has 4 rings (SSSR count). The van der Waals surface area contributed by atoms with Crippen molar-refractivity contribution >= 4 is 66.2 Å². The lowest BCUT2D eigenvalue weighted by Gasteiger charge is -2.31. The number of ketones is 2. The normalized spacial score (nSPS) is 19.9. The van der Waals surface area contributed by atoms with Gasteiger partial charge in [0.15, 0.2) is 11.6 Å². The number of allylic oxidation sites excluding steroid dienone is 4. The van der Waals surface area contributed by atoms with E-state index in [0.717, 1.165) is 8.95 Å². The van der Waals surface area contributed by atoms with Crippen molar-refractivity contribution in [1.82, 2.24) is 0 Å². The number of carbonyl (C=O) groups excluding carboxylic acids is 2. The molecule has 0 aromatic heterocycles. The Kier molecular flexibility index (Phi) is 9.00. The minimum atomic E-state index is -0.348. The van der Waals surface area contributed by atoms with E-state index in [1.807, 2.05) is 76.2 Å². The monoisotopic (exact) mass is 668 g/mol. The quantitative estimate of drug-likeness (QED) is 0.287. The Morgan fingerprint density at radius 2 is 0.975 bits per heavy atom. The van der Waals surface area contributed by atoms with E-state index in [1.54, 1.807) is 0 Å². The Hall–Kier alpha value is -2.84. The maximum atomic E-state index is 13.3. The van der Waals surface area contributed by atoms with Crippen LogP contribution in [0.2, 0.25) is 0 Å². The lowest BCUT2D eigenvalue weighted by Crippen LogP contribution is -2.31. The third-order valence-electron chi connectivity index (χ3n) is 7.06. The van der Waals surface area contributed by atoms with Gasteiger partial charge >= 0.3 is 0 Å². The predicted molar refractivity (Wildman–Crippen MR) is 167 cm³/mol. The topological polar surface area (TPSA) is 99.3 Å².